The highest BCUT2D eigenvalue weighted by molar-refractivity contribution is 5.26. The van der Waals surface area contributed by atoms with Crippen molar-refractivity contribution >= 4 is 5.95 Å². The lowest BCUT2D eigenvalue weighted by molar-refractivity contribution is 0.163. The van der Waals surface area contributed by atoms with Gasteiger partial charge in [0.2, 0.25) is 5.95 Å². The third-order valence-electron chi connectivity index (χ3n) is 3.94. The minimum absolute atomic E-state index is 0.312. The Morgan fingerprint density at radius 3 is 2.89 bits per heavy atom. The molecule has 1 fully saturated rings. The van der Waals surface area contributed by atoms with E-state index in [-0.39, 0.29) is 0 Å². The Morgan fingerprint density at radius 1 is 1.47 bits per heavy atom. The highest BCUT2D eigenvalue weighted by Gasteiger charge is 2.17. The van der Waals surface area contributed by atoms with Gasteiger partial charge in [0.1, 0.15) is 0 Å². The molecule has 0 aromatic carbocycles. The number of nitrogens with zero attached hydrogens (tertiary/aromatic N) is 3. The van der Waals surface area contributed by atoms with E-state index < -0.39 is 0 Å². The molecule has 0 bridgehead atoms. The van der Waals surface area contributed by atoms with E-state index in [1.807, 2.05) is 12.4 Å². The van der Waals surface area contributed by atoms with Gasteiger partial charge in [0.05, 0.1) is 12.6 Å². The lowest BCUT2D eigenvalue weighted by Gasteiger charge is -2.29. The molecule has 108 valence electrons. The number of rotatable bonds is 6. The largest absolute Gasteiger partial charge is 0.383 e. The van der Waals surface area contributed by atoms with Crippen LogP contribution in [0.15, 0.2) is 12.4 Å². The molecular weight excluding hydrogens is 240 g/mol. The first-order chi connectivity index (χ1) is 9.20. The monoisotopic (exact) mass is 266 g/mol. The summed E-state index contributed by atoms with van der Waals surface area (Å²) in [4.78, 5) is 6.81. The van der Waals surface area contributed by atoms with Crippen LogP contribution in [-0.2, 0) is 4.74 Å². The summed E-state index contributed by atoms with van der Waals surface area (Å²) in [5.74, 6) is 1.72. The van der Waals surface area contributed by atoms with Crippen molar-refractivity contribution in [3.05, 3.63) is 12.4 Å². The van der Waals surface area contributed by atoms with Gasteiger partial charge < -0.3 is 19.5 Å². The van der Waals surface area contributed by atoms with Crippen molar-refractivity contribution in [3.8, 4) is 0 Å². The van der Waals surface area contributed by atoms with Crippen molar-refractivity contribution < 1.29 is 4.74 Å². The van der Waals surface area contributed by atoms with E-state index in [9.17, 15) is 0 Å². The molecule has 5 heteroatoms. The van der Waals surface area contributed by atoms with Gasteiger partial charge in [-0.1, -0.05) is 0 Å². The van der Waals surface area contributed by atoms with E-state index in [0.29, 0.717) is 12.6 Å². The van der Waals surface area contributed by atoms with E-state index in [1.165, 1.54) is 25.9 Å². The third-order valence-corrected chi connectivity index (χ3v) is 3.94. The van der Waals surface area contributed by atoms with Crippen molar-refractivity contribution in [2.24, 2.45) is 5.92 Å². The zero-order valence-corrected chi connectivity index (χ0v) is 12.3. The van der Waals surface area contributed by atoms with Crippen LogP contribution in [0.2, 0.25) is 0 Å². The summed E-state index contributed by atoms with van der Waals surface area (Å²) in [6.07, 6.45) is 6.42. The van der Waals surface area contributed by atoms with Gasteiger partial charge in [0.25, 0.3) is 0 Å². The molecule has 0 radical (unpaired) electrons. The Bertz CT molecular complexity index is 371. The fraction of sp³-hybridized carbons (Fsp3) is 0.786. The number of nitrogens with one attached hydrogen (secondary N) is 1. The molecule has 0 spiro atoms. The molecule has 2 rings (SSSR count). The molecule has 5 nitrogen and oxygen atoms in total. The number of likely N-dealkylation sites (tertiary alicyclic amines) is 1. The lowest BCUT2D eigenvalue weighted by atomic mass is 9.97. The minimum Gasteiger partial charge on any atom is -0.383 e. The number of piperidine rings is 1. The molecule has 1 aromatic heterocycles. The Morgan fingerprint density at radius 2 is 2.21 bits per heavy atom. The lowest BCUT2D eigenvalue weighted by Crippen LogP contribution is -2.33. The molecule has 1 aromatic rings. The van der Waals surface area contributed by atoms with Crippen molar-refractivity contribution in [2.75, 3.05) is 45.7 Å². The van der Waals surface area contributed by atoms with Crippen molar-refractivity contribution in [3.63, 3.8) is 0 Å². The van der Waals surface area contributed by atoms with Gasteiger partial charge in [0, 0.05) is 26.0 Å². The van der Waals surface area contributed by atoms with Gasteiger partial charge in [-0.25, -0.2) is 4.98 Å². The molecule has 19 heavy (non-hydrogen) atoms. The predicted molar refractivity (Wildman–Crippen MR) is 77.5 cm³/mol. The van der Waals surface area contributed by atoms with Crippen LogP contribution in [-0.4, -0.2) is 54.8 Å². The first-order valence-corrected chi connectivity index (χ1v) is 7.15. The highest BCUT2D eigenvalue weighted by atomic mass is 16.5. The van der Waals surface area contributed by atoms with Gasteiger partial charge in [0.15, 0.2) is 0 Å². The summed E-state index contributed by atoms with van der Waals surface area (Å²) in [6.45, 7) is 6.29. The summed E-state index contributed by atoms with van der Waals surface area (Å²) in [5, 5.41) is 3.49. The predicted octanol–water partition coefficient (Wildman–Crippen LogP) is 1.84. The number of hydrogen-bond donors (Lipinski definition) is 1. The number of aromatic nitrogens is 2. The average molecular weight is 266 g/mol. The average Bonchev–Trinajstić information content (AvgIpc) is 2.87. The highest BCUT2D eigenvalue weighted by Crippen LogP contribution is 2.18. The molecule has 0 amide bonds. The molecule has 1 saturated heterocycles. The smallest absolute Gasteiger partial charge is 0.203 e. The molecule has 1 N–H and O–H groups in total. The third kappa shape index (κ3) is 3.94. The molecule has 1 aliphatic heterocycles. The Balaban J connectivity index is 1.84. The fourth-order valence-corrected chi connectivity index (χ4v) is 2.63. The Hall–Kier alpha value is -1.07. The first-order valence-electron chi connectivity index (χ1n) is 7.15. The van der Waals surface area contributed by atoms with Crippen LogP contribution in [0, 0.1) is 5.92 Å². The SMILES string of the molecule is COCC(C)n1ccnc1NCC1CCN(C)CC1. The van der Waals surface area contributed by atoms with Crippen LogP contribution in [0.4, 0.5) is 5.95 Å². The molecular formula is C14H26N4O. The van der Waals surface area contributed by atoms with E-state index in [4.69, 9.17) is 4.74 Å². The van der Waals surface area contributed by atoms with Gasteiger partial charge in [-0.3, -0.25) is 0 Å². The van der Waals surface area contributed by atoms with Crippen LogP contribution in [0.5, 0.6) is 0 Å². The topological polar surface area (TPSA) is 42.3 Å². The standard InChI is InChI=1S/C14H26N4O/c1-12(11-19-3)18-9-6-15-14(18)16-10-13-4-7-17(2)8-5-13/h6,9,12-13H,4-5,7-8,10-11H2,1-3H3,(H,15,16). The minimum atomic E-state index is 0.312. The second kappa shape index (κ2) is 6.91. The van der Waals surface area contributed by atoms with E-state index in [1.54, 1.807) is 7.11 Å². The number of imidazole rings is 1. The molecule has 1 unspecified atom stereocenters. The molecule has 1 atom stereocenters. The number of anilines is 1. The van der Waals surface area contributed by atoms with Crippen LogP contribution in [0.3, 0.4) is 0 Å². The van der Waals surface area contributed by atoms with E-state index in [2.05, 4.69) is 33.7 Å². The van der Waals surface area contributed by atoms with Crippen molar-refractivity contribution in [1.82, 2.24) is 14.5 Å². The van der Waals surface area contributed by atoms with Crippen molar-refractivity contribution in [1.29, 1.82) is 0 Å². The Kier molecular flexibility index (Phi) is 5.22. The summed E-state index contributed by atoms with van der Waals surface area (Å²) >= 11 is 0. The first kappa shape index (κ1) is 14.3. The van der Waals surface area contributed by atoms with Crippen LogP contribution in [0.25, 0.3) is 0 Å². The van der Waals surface area contributed by atoms with Crippen LogP contribution in [0.1, 0.15) is 25.8 Å². The van der Waals surface area contributed by atoms with Gasteiger partial charge in [-0.05, 0) is 45.8 Å². The number of hydrogen-bond acceptors (Lipinski definition) is 4. The summed E-state index contributed by atoms with van der Waals surface area (Å²) in [6, 6.07) is 0.312. The molecule has 2 heterocycles. The number of ether oxygens (including phenoxy) is 1. The zero-order chi connectivity index (χ0) is 13.7. The van der Waals surface area contributed by atoms with Crippen LogP contribution < -0.4 is 5.32 Å². The van der Waals surface area contributed by atoms with Gasteiger partial charge in [-0.15, -0.1) is 0 Å². The van der Waals surface area contributed by atoms with Crippen LogP contribution >= 0.6 is 0 Å². The van der Waals surface area contributed by atoms with E-state index >= 15 is 0 Å². The van der Waals surface area contributed by atoms with E-state index in [0.717, 1.165) is 18.4 Å². The summed E-state index contributed by atoms with van der Waals surface area (Å²) in [7, 11) is 3.93. The Labute approximate surface area is 116 Å². The fourth-order valence-electron chi connectivity index (χ4n) is 2.63. The maximum absolute atomic E-state index is 5.21. The maximum atomic E-state index is 5.21. The second-order valence-electron chi connectivity index (χ2n) is 5.59. The molecule has 0 aliphatic carbocycles. The summed E-state index contributed by atoms with van der Waals surface area (Å²) in [5.41, 5.74) is 0. The van der Waals surface area contributed by atoms with Gasteiger partial charge >= 0.3 is 0 Å². The number of methoxy groups -OCH3 is 1. The zero-order valence-electron chi connectivity index (χ0n) is 12.3. The normalized spacial score (nSPS) is 19.5. The molecule has 0 saturated carbocycles. The quantitative estimate of drug-likeness (QED) is 0.853. The molecule has 1 aliphatic rings. The van der Waals surface area contributed by atoms with Crippen molar-refractivity contribution in [2.45, 2.75) is 25.8 Å². The van der Waals surface area contributed by atoms with Gasteiger partial charge in [-0.2, -0.15) is 0 Å². The maximum Gasteiger partial charge on any atom is 0.203 e. The summed E-state index contributed by atoms with van der Waals surface area (Å²) < 4.78 is 7.36. The second-order valence-corrected chi connectivity index (χ2v) is 5.59.